The fourth-order valence-electron chi connectivity index (χ4n) is 0. The van der Waals surface area contributed by atoms with Gasteiger partial charge in [-0.3, -0.25) is 4.66 Å². The normalized spacial score (nSPS) is 10.0. The third-order valence-electron chi connectivity index (χ3n) is 0.949. The summed E-state index contributed by atoms with van der Waals surface area (Å²) in [4.78, 5) is 0. The Hall–Kier alpha value is 0.754. The zero-order valence-corrected chi connectivity index (χ0v) is 12.7. The number of aliphatic hydroxyl groups is 2. The smallest absolute Gasteiger partial charge is 0.0579 e. The monoisotopic (exact) mass is 279 g/mol. The van der Waals surface area contributed by atoms with E-state index >= 15 is 0 Å². The zero-order valence-electron chi connectivity index (χ0n) is 10.6. The molecular weight excluding hydrogens is 255 g/mol. The molecule has 0 aliphatic heterocycles. The van der Waals surface area contributed by atoms with Gasteiger partial charge in [-0.25, -0.2) is 0 Å². The maximum absolute atomic E-state index is 8.40. The van der Waals surface area contributed by atoms with Crippen molar-refractivity contribution in [2.45, 2.75) is 41.5 Å². The van der Waals surface area contributed by atoms with Gasteiger partial charge >= 0.3 is 0 Å². The Balaban J connectivity index is -0.0000000653. The maximum atomic E-state index is 8.40. The molecule has 95 valence electrons. The average molecular weight is 280 g/mol. The van der Waals surface area contributed by atoms with Gasteiger partial charge in [0, 0.05) is 31.8 Å². The van der Waals surface area contributed by atoms with Crippen molar-refractivity contribution in [1.82, 2.24) is 0 Å². The van der Waals surface area contributed by atoms with Crippen LogP contribution >= 0.6 is 11.9 Å². The van der Waals surface area contributed by atoms with Crippen molar-refractivity contribution in [3.05, 3.63) is 0 Å². The van der Waals surface area contributed by atoms with E-state index in [1.54, 1.807) is 0 Å². The van der Waals surface area contributed by atoms with E-state index in [4.69, 9.17) is 14.9 Å². The van der Waals surface area contributed by atoms with Gasteiger partial charge in [-0.05, 0) is 10.8 Å². The van der Waals surface area contributed by atoms with Crippen LogP contribution in [0, 0.1) is 10.8 Å². The van der Waals surface area contributed by atoms with Crippen LogP contribution in [0.1, 0.15) is 41.5 Å². The molecule has 0 amide bonds. The van der Waals surface area contributed by atoms with Crippen LogP contribution in [-0.4, -0.2) is 28.1 Å². The molecule has 0 fully saturated rings. The van der Waals surface area contributed by atoms with Crippen LogP contribution in [0.5, 0.6) is 0 Å². The Labute approximate surface area is 111 Å². The van der Waals surface area contributed by atoms with E-state index in [0.717, 1.165) is 0 Å². The molecule has 0 aliphatic carbocycles. The first-order valence-corrected chi connectivity index (χ1v) is 4.85. The summed E-state index contributed by atoms with van der Waals surface area (Å²) in [6.07, 6.45) is 0. The van der Waals surface area contributed by atoms with Gasteiger partial charge in [-0.15, -0.1) is 0 Å². The van der Waals surface area contributed by atoms with Gasteiger partial charge in [0.25, 0.3) is 0 Å². The quantitative estimate of drug-likeness (QED) is 0.637. The summed E-state index contributed by atoms with van der Waals surface area (Å²) in [5.74, 6) is 0. The fourth-order valence-corrected chi connectivity index (χ4v) is 0. The van der Waals surface area contributed by atoms with Gasteiger partial charge in [-0.2, -0.15) is 0 Å². The van der Waals surface area contributed by atoms with Crippen molar-refractivity contribution in [3.8, 4) is 0 Å². The molecule has 5 heteroatoms. The Morgan fingerprint density at radius 3 is 0.800 bits per heavy atom. The summed E-state index contributed by atoms with van der Waals surface area (Å²) in [6, 6.07) is 0. The first kappa shape index (κ1) is 24.8. The number of hydrogen-bond acceptors (Lipinski definition) is 3. The summed E-state index contributed by atoms with van der Waals surface area (Å²) in [7, 11) is 0. The minimum absolute atomic E-state index is 0. The van der Waals surface area contributed by atoms with Gasteiger partial charge in [0.1, 0.15) is 0 Å². The van der Waals surface area contributed by atoms with Crippen LogP contribution in [0.15, 0.2) is 0 Å². The van der Waals surface area contributed by atoms with Crippen LogP contribution in [0.4, 0.5) is 0 Å². The molecule has 0 aliphatic rings. The van der Waals surface area contributed by atoms with E-state index < -0.39 is 0 Å². The predicted molar refractivity (Wildman–Crippen MR) is 61.2 cm³/mol. The van der Waals surface area contributed by atoms with Crippen LogP contribution in [-0.2, 0) is 18.6 Å². The van der Waals surface area contributed by atoms with E-state index in [1.165, 1.54) is 0 Å². The molecule has 0 aromatic heterocycles. The first-order chi connectivity index (χ1) is 6.12. The van der Waals surface area contributed by atoms with Crippen molar-refractivity contribution >= 4 is 11.9 Å². The molecule has 0 saturated carbocycles. The molecule has 0 saturated heterocycles. The molecule has 0 unspecified atom stereocenters. The standard InChI is InChI=1S/2C5H12O.ClHO.V/c2*1-5(2,3)4-6;1-2;/h2*6H,4H2,1-3H3;2H;. The van der Waals surface area contributed by atoms with E-state index in [0.29, 0.717) is 0 Å². The molecule has 0 atom stereocenters. The zero-order chi connectivity index (χ0) is 12.4. The van der Waals surface area contributed by atoms with Gasteiger partial charge in [-0.1, -0.05) is 41.5 Å². The largest absolute Gasteiger partial charge is 0.396 e. The fraction of sp³-hybridized carbons (Fsp3) is 1.00. The molecule has 0 spiro atoms. The van der Waals surface area contributed by atoms with Crippen molar-refractivity contribution in [2.75, 3.05) is 13.2 Å². The number of aliphatic hydroxyl groups excluding tert-OH is 2. The predicted octanol–water partition coefficient (Wildman–Crippen LogP) is 2.18. The minimum Gasteiger partial charge on any atom is -0.396 e. The van der Waals surface area contributed by atoms with Gasteiger partial charge in [0.2, 0.25) is 0 Å². The van der Waals surface area contributed by atoms with Crippen LogP contribution in [0.25, 0.3) is 0 Å². The molecule has 15 heavy (non-hydrogen) atoms. The molecular formula is C10H25ClO3V. The second-order valence-electron chi connectivity index (χ2n) is 5.44. The topological polar surface area (TPSA) is 60.7 Å². The molecule has 1 radical (unpaired) electrons. The van der Waals surface area contributed by atoms with Crippen molar-refractivity contribution in [1.29, 1.82) is 0 Å². The van der Waals surface area contributed by atoms with Crippen molar-refractivity contribution in [2.24, 2.45) is 10.8 Å². The molecule has 0 bridgehead atoms. The van der Waals surface area contributed by atoms with Gasteiger partial charge in [0.15, 0.2) is 0 Å². The van der Waals surface area contributed by atoms with Crippen molar-refractivity contribution < 1.29 is 33.4 Å². The molecule has 0 rings (SSSR count). The van der Waals surface area contributed by atoms with E-state index in [2.05, 4.69) is 11.9 Å². The third-order valence-corrected chi connectivity index (χ3v) is 0.949. The summed E-state index contributed by atoms with van der Waals surface area (Å²) in [6.45, 7) is 12.5. The first-order valence-electron chi connectivity index (χ1n) is 4.51. The number of halogens is 1. The maximum Gasteiger partial charge on any atom is 0.0579 e. The Morgan fingerprint density at radius 2 is 0.800 bits per heavy atom. The SMILES string of the molecule is CC(C)(C)CO.CC(C)(C)CO.OCl.[V]. The Morgan fingerprint density at radius 1 is 0.733 bits per heavy atom. The van der Waals surface area contributed by atoms with Gasteiger partial charge < -0.3 is 10.2 Å². The van der Waals surface area contributed by atoms with Crippen molar-refractivity contribution in [3.63, 3.8) is 0 Å². The minimum atomic E-state index is 0. The molecule has 0 aromatic carbocycles. The second-order valence-corrected chi connectivity index (χ2v) is 5.44. The Bertz CT molecular complexity index is 94.2. The van der Waals surface area contributed by atoms with E-state index in [9.17, 15) is 0 Å². The van der Waals surface area contributed by atoms with E-state index in [1.807, 2.05) is 41.5 Å². The van der Waals surface area contributed by atoms with E-state index in [-0.39, 0.29) is 42.6 Å². The average Bonchev–Trinajstić information content (AvgIpc) is 2.07. The third kappa shape index (κ3) is 52.6. The summed E-state index contributed by atoms with van der Waals surface area (Å²) in [5, 5.41) is 16.8. The van der Waals surface area contributed by atoms with Crippen LogP contribution < -0.4 is 0 Å². The molecule has 0 aromatic rings. The molecule has 3 nitrogen and oxygen atoms in total. The van der Waals surface area contributed by atoms with Crippen LogP contribution in [0.2, 0.25) is 0 Å². The second kappa shape index (κ2) is 12.8. The molecule has 3 N–H and O–H groups in total. The number of hydrogen-bond donors (Lipinski definition) is 3. The summed E-state index contributed by atoms with van der Waals surface area (Å²) in [5.41, 5.74) is 0.194. The van der Waals surface area contributed by atoms with Gasteiger partial charge in [0.05, 0.1) is 11.9 Å². The summed E-state index contributed by atoms with van der Waals surface area (Å²) >= 11 is 3.64. The number of rotatable bonds is 0. The summed E-state index contributed by atoms with van der Waals surface area (Å²) < 4.78 is 6.47. The molecule has 0 heterocycles. The van der Waals surface area contributed by atoms with Crippen LogP contribution in [0.3, 0.4) is 0 Å². The Kier molecular flexibility index (Phi) is 21.2.